The molecule has 2 aromatic carbocycles. The van der Waals surface area contributed by atoms with Crippen LogP contribution in [-0.4, -0.2) is 0 Å². The standard InChI is InChI=1S/C16H12F2.2CH3.Ti/c1-10-8-11-4-2-5-12(13(11)9-10)16-14(17)6-3-7-15(16)18;;;/h2-7,9H,8H2,1H3;2*1H3;. The quantitative estimate of drug-likeness (QED) is 0.586. The van der Waals surface area contributed by atoms with Crippen molar-refractivity contribution in [2.24, 2.45) is 0 Å². The number of benzene rings is 2. The first-order valence-corrected chi connectivity index (χ1v) is 10.0. The van der Waals surface area contributed by atoms with Crippen molar-refractivity contribution in [2.45, 2.75) is 23.8 Å². The molecule has 3 heteroatoms. The van der Waals surface area contributed by atoms with Crippen molar-refractivity contribution in [3.8, 4) is 11.1 Å². The van der Waals surface area contributed by atoms with Crippen LogP contribution in [0.4, 0.5) is 8.78 Å². The molecule has 0 nitrogen and oxygen atoms in total. The number of rotatable bonds is 1. The van der Waals surface area contributed by atoms with Gasteiger partial charge in [0, 0.05) is 0 Å². The molecular formula is C18H18F2Ti. The molecule has 0 fully saturated rings. The zero-order valence-corrected chi connectivity index (χ0v) is 14.1. The summed E-state index contributed by atoms with van der Waals surface area (Å²) < 4.78 is 27.7. The molecule has 0 aliphatic heterocycles. The average Bonchev–Trinajstić information content (AvgIpc) is 2.80. The van der Waals surface area contributed by atoms with Gasteiger partial charge in [0.15, 0.2) is 0 Å². The Morgan fingerprint density at radius 2 is 1.52 bits per heavy atom. The van der Waals surface area contributed by atoms with Crippen LogP contribution in [0.3, 0.4) is 0 Å². The van der Waals surface area contributed by atoms with Crippen LogP contribution >= 0.6 is 0 Å². The molecule has 2 aromatic rings. The van der Waals surface area contributed by atoms with Crippen LogP contribution in [0.25, 0.3) is 17.2 Å². The van der Waals surface area contributed by atoms with Gasteiger partial charge in [-0.1, -0.05) is 35.9 Å². The van der Waals surface area contributed by atoms with Gasteiger partial charge in [0.05, 0.1) is 5.56 Å². The molecule has 0 saturated heterocycles. The number of hydrogen-bond donors (Lipinski definition) is 0. The predicted molar refractivity (Wildman–Crippen MR) is 80.9 cm³/mol. The van der Waals surface area contributed by atoms with Crippen molar-refractivity contribution in [1.82, 2.24) is 0 Å². The van der Waals surface area contributed by atoms with Crippen molar-refractivity contribution in [2.75, 3.05) is 0 Å². The second kappa shape index (κ2) is 7.15. The Balaban J connectivity index is 0.000000497. The van der Waals surface area contributed by atoms with E-state index in [0.29, 0.717) is 24.7 Å². The Morgan fingerprint density at radius 3 is 2.14 bits per heavy atom. The van der Waals surface area contributed by atoms with Gasteiger partial charge in [0.1, 0.15) is 11.6 Å². The summed E-state index contributed by atoms with van der Waals surface area (Å²) in [5.74, 6) is -1.03. The van der Waals surface area contributed by atoms with E-state index in [1.165, 1.54) is 23.8 Å². The van der Waals surface area contributed by atoms with Gasteiger partial charge in [0.2, 0.25) is 0 Å². The number of hydrogen-bond acceptors (Lipinski definition) is 0. The van der Waals surface area contributed by atoms with Gasteiger partial charge in [-0.25, -0.2) is 8.78 Å². The summed E-state index contributed by atoms with van der Waals surface area (Å²) in [5, 5.41) is 4.50. The fourth-order valence-electron chi connectivity index (χ4n) is 2.51. The second-order valence-electron chi connectivity index (χ2n) is 5.14. The van der Waals surface area contributed by atoms with Crippen LogP contribution in [0.2, 0.25) is 10.5 Å². The minimum absolute atomic E-state index is 0.0697. The fraction of sp³-hybridized carbons (Fsp3) is 0.222. The van der Waals surface area contributed by atoms with E-state index in [9.17, 15) is 8.78 Å². The van der Waals surface area contributed by atoms with Crippen molar-refractivity contribution >= 4 is 6.08 Å². The first kappa shape index (κ1) is 16.1. The number of halogens is 2. The van der Waals surface area contributed by atoms with Crippen LogP contribution in [0.5, 0.6) is 0 Å². The number of fused-ring (bicyclic) bond motifs is 1. The molecule has 0 unspecified atom stereocenters. The van der Waals surface area contributed by atoms with E-state index in [-0.39, 0.29) is 5.56 Å². The van der Waals surface area contributed by atoms with Crippen LogP contribution in [-0.2, 0) is 25.6 Å². The Bertz CT molecular complexity index is 655. The third-order valence-corrected chi connectivity index (χ3v) is 3.29. The van der Waals surface area contributed by atoms with E-state index < -0.39 is 11.6 Å². The summed E-state index contributed by atoms with van der Waals surface area (Å²) >= 11 is 0.500. The molecule has 3 rings (SSSR count). The van der Waals surface area contributed by atoms with E-state index >= 15 is 0 Å². The summed E-state index contributed by atoms with van der Waals surface area (Å²) in [7, 11) is 0. The third kappa shape index (κ3) is 3.51. The zero-order valence-electron chi connectivity index (χ0n) is 12.5. The Kier molecular flexibility index (Phi) is 5.49. The van der Waals surface area contributed by atoms with Crippen LogP contribution in [0.15, 0.2) is 42.0 Å². The molecule has 0 heterocycles. The Labute approximate surface area is 133 Å². The van der Waals surface area contributed by atoms with Crippen molar-refractivity contribution < 1.29 is 27.9 Å². The molecule has 0 spiro atoms. The summed E-state index contributed by atoms with van der Waals surface area (Å²) in [5.41, 5.74) is 4.00. The molecule has 108 valence electrons. The van der Waals surface area contributed by atoms with Crippen molar-refractivity contribution in [3.63, 3.8) is 0 Å². The van der Waals surface area contributed by atoms with E-state index in [1.807, 2.05) is 25.1 Å². The van der Waals surface area contributed by atoms with Crippen LogP contribution in [0.1, 0.15) is 18.1 Å². The minimum atomic E-state index is -0.513. The van der Waals surface area contributed by atoms with Gasteiger partial charge < -0.3 is 0 Å². The van der Waals surface area contributed by atoms with E-state index in [0.717, 1.165) is 17.5 Å². The van der Waals surface area contributed by atoms with Crippen LogP contribution < -0.4 is 0 Å². The molecule has 0 amide bonds. The molecular weight excluding hydrogens is 302 g/mol. The SMILES string of the molecule is CC1=Cc2c(cccc2-c2c(F)cccc2F)C1.[CH3][Ti][CH3]. The normalized spacial score (nSPS) is 12.1. The molecule has 1 aliphatic rings. The van der Waals surface area contributed by atoms with Gasteiger partial charge in [-0.3, -0.25) is 0 Å². The fourth-order valence-corrected chi connectivity index (χ4v) is 2.51. The molecule has 0 N–H and O–H groups in total. The van der Waals surface area contributed by atoms with E-state index in [4.69, 9.17) is 0 Å². The molecule has 0 atom stereocenters. The van der Waals surface area contributed by atoms with Gasteiger partial charge in [-0.05, 0) is 42.2 Å². The predicted octanol–water partition coefficient (Wildman–Crippen LogP) is 5.76. The summed E-state index contributed by atoms with van der Waals surface area (Å²) in [4.78, 5) is 0. The Morgan fingerprint density at radius 1 is 0.952 bits per heavy atom. The average molecular weight is 320 g/mol. The molecule has 21 heavy (non-hydrogen) atoms. The monoisotopic (exact) mass is 320 g/mol. The maximum atomic E-state index is 13.8. The van der Waals surface area contributed by atoms with Gasteiger partial charge in [-0.15, -0.1) is 0 Å². The van der Waals surface area contributed by atoms with Gasteiger partial charge >= 0.3 is 29.6 Å². The molecule has 1 aliphatic carbocycles. The zero-order chi connectivity index (χ0) is 15.4. The number of allylic oxidation sites excluding steroid dienone is 1. The first-order valence-electron chi connectivity index (χ1n) is 6.90. The summed E-state index contributed by atoms with van der Waals surface area (Å²) in [6, 6.07) is 9.61. The van der Waals surface area contributed by atoms with Crippen molar-refractivity contribution in [3.05, 3.63) is 64.7 Å². The third-order valence-electron chi connectivity index (χ3n) is 3.29. The van der Waals surface area contributed by atoms with Gasteiger partial charge in [0.25, 0.3) is 0 Å². The maximum absolute atomic E-state index is 13.8. The van der Waals surface area contributed by atoms with E-state index in [1.54, 1.807) is 6.07 Å². The first-order chi connectivity index (χ1) is 10.1. The van der Waals surface area contributed by atoms with E-state index in [2.05, 4.69) is 10.5 Å². The Hall–Kier alpha value is -1.25. The topological polar surface area (TPSA) is 0 Å². The second-order valence-corrected chi connectivity index (χ2v) is 6.70. The molecule has 0 radical (unpaired) electrons. The molecule has 0 bridgehead atoms. The molecule has 0 saturated carbocycles. The van der Waals surface area contributed by atoms with Crippen LogP contribution in [0, 0.1) is 11.6 Å². The van der Waals surface area contributed by atoms with Crippen molar-refractivity contribution in [1.29, 1.82) is 0 Å². The summed E-state index contributed by atoms with van der Waals surface area (Å²) in [6.45, 7) is 2.03. The summed E-state index contributed by atoms with van der Waals surface area (Å²) in [6.07, 6.45) is 2.87. The molecule has 0 aromatic heterocycles. The van der Waals surface area contributed by atoms with Gasteiger partial charge in [-0.2, -0.15) is 0 Å².